The van der Waals surface area contributed by atoms with Gasteiger partial charge >= 0.3 is 5.97 Å². The quantitative estimate of drug-likeness (QED) is 0.0971. The molecule has 0 aliphatic carbocycles. The van der Waals surface area contributed by atoms with Crippen LogP contribution in [0.3, 0.4) is 0 Å². The Kier molecular flexibility index (Phi) is 8.91. The third-order valence-electron chi connectivity index (χ3n) is 5.86. The van der Waals surface area contributed by atoms with Crippen LogP contribution in [0.2, 0.25) is 0 Å². The van der Waals surface area contributed by atoms with Gasteiger partial charge in [0.1, 0.15) is 5.75 Å². The number of esters is 1. The molecule has 0 aliphatic rings. The zero-order valence-electron chi connectivity index (χ0n) is 21.3. The van der Waals surface area contributed by atoms with Crippen molar-refractivity contribution in [1.29, 1.82) is 0 Å². The van der Waals surface area contributed by atoms with Crippen LogP contribution in [0.4, 0.5) is 5.69 Å². The minimum absolute atomic E-state index is 0.129. The summed E-state index contributed by atoms with van der Waals surface area (Å²) in [6.07, 6.45) is 0. The molecule has 6 nitrogen and oxygen atoms in total. The Balaban J connectivity index is 2.00. The molecule has 4 aromatic carbocycles. The number of rotatable bonds is 9. The number of nitrogens with zero attached hydrogens (tertiary/aromatic N) is 2. The van der Waals surface area contributed by atoms with E-state index in [0.29, 0.717) is 11.4 Å². The van der Waals surface area contributed by atoms with E-state index in [1.807, 2.05) is 91.0 Å². The number of benzene rings is 4. The van der Waals surface area contributed by atoms with Crippen molar-refractivity contribution in [2.75, 3.05) is 13.7 Å². The molecule has 38 heavy (non-hydrogen) atoms. The fraction of sp³-hybridized carbons (Fsp3) is 0.0968. The molecule has 0 saturated carbocycles. The number of aliphatic hydroxyl groups excluding tert-OH is 1. The molecule has 192 valence electrons. The van der Waals surface area contributed by atoms with E-state index in [0.717, 1.165) is 15.9 Å². The number of carbonyl (C=O) groups is 1. The molecule has 0 fully saturated rings. The number of ether oxygens (including phenoxy) is 2. The van der Waals surface area contributed by atoms with Gasteiger partial charge in [-0.3, -0.25) is 0 Å². The van der Waals surface area contributed by atoms with Gasteiger partial charge in [0.15, 0.2) is 5.76 Å². The minimum Gasteiger partial charge on any atom is -0.505 e. The summed E-state index contributed by atoms with van der Waals surface area (Å²) in [5.41, 5.74) is 0.227. The average Bonchev–Trinajstić information content (AvgIpc) is 2.98. The van der Waals surface area contributed by atoms with Crippen LogP contribution in [-0.2, 0) is 9.53 Å². The molecule has 4 rings (SSSR count). The number of methoxy groups -OCH3 is 1. The van der Waals surface area contributed by atoms with Crippen molar-refractivity contribution in [2.24, 2.45) is 10.2 Å². The van der Waals surface area contributed by atoms with Crippen molar-refractivity contribution in [2.45, 2.75) is 6.92 Å². The predicted octanol–water partition coefficient (Wildman–Crippen LogP) is 5.91. The van der Waals surface area contributed by atoms with Crippen LogP contribution in [0.1, 0.15) is 6.92 Å². The maximum atomic E-state index is 13.0. The maximum Gasteiger partial charge on any atom is 0.362 e. The van der Waals surface area contributed by atoms with Gasteiger partial charge in [-0.25, -0.2) is 4.79 Å². The minimum atomic E-state index is -2.59. The first kappa shape index (κ1) is 26.6. The number of allylic oxidation sites excluding steroid dienone is 1. The van der Waals surface area contributed by atoms with E-state index in [9.17, 15) is 9.90 Å². The Morgan fingerprint density at radius 2 is 1.26 bits per heavy atom. The van der Waals surface area contributed by atoms with E-state index in [-0.39, 0.29) is 18.1 Å². The first-order valence-electron chi connectivity index (χ1n) is 12.2. The molecule has 0 unspecified atom stereocenters. The summed E-state index contributed by atoms with van der Waals surface area (Å²) in [7, 11) is 1.58. The van der Waals surface area contributed by atoms with Crippen molar-refractivity contribution < 1.29 is 19.4 Å². The zero-order valence-corrected chi connectivity index (χ0v) is 22.2. The van der Waals surface area contributed by atoms with Gasteiger partial charge < -0.3 is 14.6 Å². The Hall–Kier alpha value is -4.41. The number of carbonyl (C=O) groups excluding carboxylic acids is 1. The van der Waals surface area contributed by atoms with Gasteiger partial charge in [-0.05, 0) is 59.8 Å². The molecule has 0 bridgehead atoms. The van der Waals surface area contributed by atoms with Crippen LogP contribution in [0.25, 0.3) is 0 Å². The predicted molar refractivity (Wildman–Crippen MR) is 155 cm³/mol. The van der Waals surface area contributed by atoms with Crippen molar-refractivity contribution in [1.82, 2.24) is 0 Å². The topological polar surface area (TPSA) is 80.5 Å². The van der Waals surface area contributed by atoms with Crippen LogP contribution >= 0.6 is 6.89 Å². The third-order valence-corrected chi connectivity index (χ3v) is 9.83. The summed E-state index contributed by atoms with van der Waals surface area (Å²) in [5, 5.41) is 23.0. The highest BCUT2D eigenvalue weighted by Crippen LogP contribution is 2.44. The molecule has 0 amide bonds. The Morgan fingerprint density at radius 3 is 1.68 bits per heavy atom. The van der Waals surface area contributed by atoms with Gasteiger partial charge in [0.05, 0.1) is 19.4 Å². The standard InChI is InChI=1S/C31H29N2O4P/c1-3-37-31(35)30(33-32-24-19-21-25(36-2)22-20-24)29(34)23-38(26-13-7-4-8-14-26,27-15-9-5-10-16-27)28-17-11-6-12-18-28/h4-23,34H,3H2,1-2H3. The van der Waals surface area contributed by atoms with Gasteiger partial charge in [0, 0.05) is 0 Å². The summed E-state index contributed by atoms with van der Waals surface area (Å²) >= 11 is 0. The first-order chi connectivity index (χ1) is 18.6. The van der Waals surface area contributed by atoms with Crippen LogP contribution < -0.4 is 20.7 Å². The number of hydrogen-bond acceptors (Lipinski definition) is 6. The Labute approximate surface area is 222 Å². The van der Waals surface area contributed by atoms with E-state index in [4.69, 9.17) is 9.47 Å². The summed E-state index contributed by atoms with van der Waals surface area (Å²) in [5.74, 6) is 1.37. The normalized spacial score (nSPS) is 12.1. The first-order valence-corrected chi connectivity index (χ1v) is 14.0. The van der Waals surface area contributed by atoms with Crippen molar-refractivity contribution in [3.63, 3.8) is 0 Å². The summed E-state index contributed by atoms with van der Waals surface area (Å²) in [6.45, 7) is -0.758. The zero-order chi connectivity index (χ0) is 26.8. The van der Waals surface area contributed by atoms with Gasteiger partial charge in [0.25, 0.3) is 0 Å². The Morgan fingerprint density at radius 1 is 0.789 bits per heavy atom. The number of aliphatic hydroxyl groups is 1. The van der Waals surface area contributed by atoms with E-state index in [1.54, 1.807) is 44.1 Å². The molecule has 0 spiro atoms. The molecule has 0 aliphatic heterocycles. The van der Waals surface area contributed by atoms with Crippen LogP contribution in [0.15, 0.2) is 137 Å². The highest BCUT2D eigenvalue weighted by atomic mass is 31.2. The summed E-state index contributed by atoms with van der Waals surface area (Å²) in [4.78, 5) is 13.0. The molecule has 0 aromatic heterocycles. The molecular formula is C31H29N2O4P. The van der Waals surface area contributed by atoms with Crippen LogP contribution in [0, 0.1) is 0 Å². The molecule has 1 N–H and O–H groups in total. The summed E-state index contributed by atoms with van der Waals surface area (Å²) < 4.78 is 10.4. The largest absolute Gasteiger partial charge is 0.505 e. The monoisotopic (exact) mass is 524 g/mol. The average molecular weight is 525 g/mol. The fourth-order valence-electron chi connectivity index (χ4n) is 4.06. The second kappa shape index (κ2) is 12.7. The molecule has 0 radical (unpaired) electrons. The van der Waals surface area contributed by atoms with E-state index < -0.39 is 12.9 Å². The fourth-order valence-corrected chi connectivity index (χ4v) is 7.82. The van der Waals surface area contributed by atoms with Gasteiger partial charge in [-0.15, -0.1) is 5.11 Å². The highest BCUT2D eigenvalue weighted by molar-refractivity contribution is 7.94. The lowest BCUT2D eigenvalue weighted by atomic mass is 10.3. The highest BCUT2D eigenvalue weighted by Gasteiger charge is 2.27. The lowest BCUT2D eigenvalue weighted by Gasteiger charge is -2.28. The molecular weight excluding hydrogens is 495 g/mol. The third kappa shape index (κ3) is 5.93. The molecule has 0 saturated heterocycles. The van der Waals surface area contributed by atoms with E-state index in [1.165, 1.54) is 0 Å². The second-order valence-electron chi connectivity index (χ2n) is 8.21. The Bertz CT molecular complexity index is 1360. The molecule has 0 heterocycles. The smallest absolute Gasteiger partial charge is 0.362 e. The van der Waals surface area contributed by atoms with Gasteiger partial charge in [-0.2, -0.15) is 5.11 Å². The number of azo groups is 1. The molecule has 0 atom stereocenters. The van der Waals surface area contributed by atoms with Crippen LogP contribution in [-0.4, -0.2) is 30.6 Å². The van der Waals surface area contributed by atoms with E-state index >= 15 is 0 Å². The lowest BCUT2D eigenvalue weighted by molar-refractivity contribution is -0.138. The maximum absolute atomic E-state index is 13.0. The van der Waals surface area contributed by atoms with Gasteiger partial charge in [-0.1, -0.05) is 91.0 Å². The second-order valence-corrected chi connectivity index (χ2v) is 11.5. The molecule has 4 aromatic rings. The van der Waals surface area contributed by atoms with Crippen molar-refractivity contribution in [3.8, 4) is 5.75 Å². The SMILES string of the molecule is CCOC(=O)C(N=Nc1ccc(OC)cc1)=C(O)C=P(c1ccccc1)(c1ccccc1)c1ccccc1. The van der Waals surface area contributed by atoms with E-state index in [2.05, 4.69) is 10.2 Å². The summed E-state index contributed by atoms with van der Waals surface area (Å²) in [6, 6.07) is 36.9. The van der Waals surface area contributed by atoms with Crippen LogP contribution in [0.5, 0.6) is 5.75 Å². The van der Waals surface area contributed by atoms with Crippen molar-refractivity contribution >= 4 is 40.3 Å². The van der Waals surface area contributed by atoms with Gasteiger partial charge in [0.2, 0.25) is 5.70 Å². The number of hydrogen-bond donors (Lipinski definition) is 1. The molecule has 7 heteroatoms. The lowest BCUT2D eigenvalue weighted by Crippen LogP contribution is -2.27. The van der Waals surface area contributed by atoms with Crippen molar-refractivity contribution in [3.05, 3.63) is 127 Å².